The first-order valence-corrected chi connectivity index (χ1v) is 12.7. The third kappa shape index (κ3) is 7.05. The average molecular weight is 496 g/mol. The number of rotatable bonds is 12. The summed E-state index contributed by atoms with van der Waals surface area (Å²) in [7, 11) is 1.65. The summed E-state index contributed by atoms with van der Waals surface area (Å²) in [5.41, 5.74) is 3.47. The lowest BCUT2D eigenvalue weighted by atomic mass is 10.0. The normalized spacial score (nSPS) is 11.8. The van der Waals surface area contributed by atoms with Gasteiger partial charge in [0.2, 0.25) is 0 Å². The van der Waals surface area contributed by atoms with Gasteiger partial charge in [-0.15, -0.1) is 11.3 Å². The summed E-state index contributed by atoms with van der Waals surface area (Å²) in [6.07, 6.45) is 2.12. The molecular formula is C27H33N3O4S. The molecule has 1 atom stereocenters. The van der Waals surface area contributed by atoms with E-state index in [0.717, 1.165) is 47.1 Å². The van der Waals surface area contributed by atoms with E-state index in [1.165, 1.54) is 0 Å². The molecule has 8 heteroatoms. The lowest BCUT2D eigenvalue weighted by Gasteiger charge is -2.22. The SMILES string of the molecule is CCCCN(Cc1ccc(C(=O)NC(C(=O)O)C(C)C)cc1)c1nc(-c2ccc(OC)cc2)cs1. The van der Waals surface area contributed by atoms with Crippen LogP contribution in [0.4, 0.5) is 5.13 Å². The Labute approximate surface area is 210 Å². The van der Waals surface area contributed by atoms with Gasteiger partial charge in [0.25, 0.3) is 5.91 Å². The van der Waals surface area contributed by atoms with Crippen molar-refractivity contribution >= 4 is 28.3 Å². The molecule has 1 aromatic heterocycles. The maximum absolute atomic E-state index is 12.5. The van der Waals surface area contributed by atoms with Gasteiger partial charge in [-0.05, 0) is 54.3 Å². The molecule has 2 N–H and O–H groups in total. The van der Waals surface area contributed by atoms with Crippen LogP contribution in [0.1, 0.15) is 49.5 Å². The van der Waals surface area contributed by atoms with E-state index in [2.05, 4.69) is 22.5 Å². The summed E-state index contributed by atoms with van der Waals surface area (Å²) in [5.74, 6) is -0.809. The van der Waals surface area contributed by atoms with Gasteiger partial charge >= 0.3 is 5.97 Å². The molecule has 0 aliphatic rings. The summed E-state index contributed by atoms with van der Waals surface area (Å²) < 4.78 is 5.24. The predicted molar refractivity (Wildman–Crippen MR) is 140 cm³/mol. The Balaban J connectivity index is 1.72. The van der Waals surface area contributed by atoms with Gasteiger partial charge in [0.1, 0.15) is 11.8 Å². The van der Waals surface area contributed by atoms with Gasteiger partial charge in [-0.3, -0.25) is 4.79 Å². The monoisotopic (exact) mass is 495 g/mol. The summed E-state index contributed by atoms with van der Waals surface area (Å²) in [5, 5.41) is 15.0. The number of unbranched alkanes of at least 4 members (excludes halogenated alkanes) is 1. The van der Waals surface area contributed by atoms with E-state index in [9.17, 15) is 14.7 Å². The van der Waals surface area contributed by atoms with Crippen molar-refractivity contribution in [3.63, 3.8) is 0 Å². The zero-order valence-electron chi connectivity index (χ0n) is 20.7. The van der Waals surface area contributed by atoms with Crippen LogP contribution in [0.3, 0.4) is 0 Å². The number of ether oxygens (including phenoxy) is 1. The number of aromatic nitrogens is 1. The maximum atomic E-state index is 12.5. The topological polar surface area (TPSA) is 91.8 Å². The number of thiazole rings is 1. The van der Waals surface area contributed by atoms with Gasteiger partial charge in [0.15, 0.2) is 5.13 Å². The summed E-state index contributed by atoms with van der Waals surface area (Å²) in [6, 6.07) is 14.3. The molecule has 0 spiro atoms. The lowest BCUT2D eigenvalue weighted by Crippen LogP contribution is -2.44. The van der Waals surface area contributed by atoms with Crippen molar-refractivity contribution in [2.75, 3.05) is 18.6 Å². The van der Waals surface area contributed by atoms with Gasteiger partial charge in [0.05, 0.1) is 12.8 Å². The fraction of sp³-hybridized carbons (Fsp3) is 0.370. The van der Waals surface area contributed by atoms with Crippen molar-refractivity contribution in [2.45, 2.75) is 46.2 Å². The van der Waals surface area contributed by atoms with Crippen molar-refractivity contribution < 1.29 is 19.4 Å². The van der Waals surface area contributed by atoms with Crippen molar-refractivity contribution in [1.29, 1.82) is 0 Å². The third-order valence-electron chi connectivity index (χ3n) is 5.74. The van der Waals surface area contributed by atoms with E-state index >= 15 is 0 Å². The van der Waals surface area contributed by atoms with E-state index in [0.29, 0.717) is 12.1 Å². The Morgan fingerprint density at radius 3 is 2.37 bits per heavy atom. The Bertz CT molecular complexity index is 1110. The molecule has 0 aliphatic carbocycles. The molecule has 1 amide bonds. The van der Waals surface area contributed by atoms with Gasteiger partial charge in [-0.1, -0.05) is 39.3 Å². The van der Waals surface area contributed by atoms with E-state index in [1.807, 2.05) is 36.4 Å². The highest BCUT2D eigenvalue weighted by atomic mass is 32.1. The number of hydrogen-bond donors (Lipinski definition) is 2. The zero-order valence-corrected chi connectivity index (χ0v) is 21.5. The predicted octanol–water partition coefficient (Wildman–Crippen LogP) is 5.46. The standard InChI is InChI=1S/C27H33N3O4S/c1-5-6-15-30(27-28-23(17-35-27)20-11-13-22(34-4)14-12-20)16-19-7-9-21(10-8-19)25(31)29-24(18(2)3)26(32)33/h7-14,17-18,24H,5-6,15-16H2,1-4H3,(H,29,31)(H,32,33). The van der Waals surface area contributed by atoms with Crippen molar-refractivity contribution in [3.05, 3.63) is 65.0 Å². The van der Waals surface area contributed by atoms with E-state index in [4.69, 9.17) is 9.72 Å². The first kappa shape index (κ1) is 26.2. The Hall–Kier alpha value is -3.39. The second-order valence-corrected chi connectivity index (χ2v) is 9.59. The highest BCUT2D eigenvalue weighted by molar-refractivity contribution is 7.14. The van der Waals surface area contributed by atoms with Crippen LogP contribution in [-0.2, 0) is 11.3 Å². The number of carbonyl (C=O) groups excluding carboxylic acids is 1. The molecule has 0 radical (unpaired) electrons. The van der Waals surface area contributed by atoms with Gasteiger partial charge in [-0.2, -0.15) is 0 Å². The minimum Gasteiger partial charge on any atom is -0.497 e. The van der Waals surface area contributed by atoms with Crippen LogP contribution in [0.15, 0.2) is 53.9 Å². The minimum absolute atomic E-state index is 0.205. The van der Waals surface area contributed by atoms with Gasteiger partial charge in [0, 0.05) is 29.6 Å². The minimum atomic E-state index is -1.03. The number of nitrogens with zero attached hydrogens (tertiary/aromatic N) is 2. The Morgan fingerprint density at radius 2 is 1.80 bits per heavy atom. The first-order valence-electron chi connectivity index (χ1n) is 11.8. The number of carboxylic acids is 1. The molecule has 0 fully saturated rings. The van der Waals surface area contributed by atoms with Crippen molar-refractivity contribution in [3.8, 4) is 17.0 Å². The molecule has 0 aliphatic heterocycles. The lowest BCUT2D eigenvalue weighted by molar-refractivity contribution is -0.140. The third-order valence-corrected chi connectivity index (χ3v) is 6.64. The van der Waals surface area contributed by atoms with E-state index in [-0.39, 0.29) is 11.8 Å². The molecule has 1 unspecified atom stereocenters. The van der Waals surface area contributed by atoms with Crippen LogP contribution in [-0.4, -0.2) is 41.7 Å². The number of hydrogen-bond acceptors (Lipinski definition) is 6. The first-order chi connectivity index (χ1) is 16.8. The van der Waals surface area contributed by atoms with Crippen LogP contribution in [0.5, 0.6) is 5.75 Å². The quantitative estimate of drug-likeness (QED) is 0.346. The molecule has 2 aromatic carbocycles. The number of anilines is 1. The smallest absolute Gasteiger partial charge is 0.326 e. The van der Waals surface area contributed by atoms with Crippen LogP contribution in [0, 0.1) is 5.92 Å². The fourth-order valence-corrected chi connectivity index (χ4v) is 4.48. The molecule has 35 heavy (non-hydrogen) atoms. The second-order valence-electron chi connectivity index (χ2n) is 8.75. The van der Waals surface area contributed by atoms with Crippen LogP contribution in [0.25, 0.3) is 11.3 Å². The molecule has 3 aromatic rings. The van der Waals surface area contributed by atoms with Crippen LogP contribution < -0.4 is 15.0 Å². The summed E-state index contributed by atoms with van der Waals surface area (Å²) in [4.78, 5) is 31.1. The van der Waals surface area contributed by atoms with E-state index in [1.54, 1.807) is 44.4 Å². The summed E-state index contributed by atoms with van der Waals surface area (Å²) >= 11 is 1.62. The number of nitrogens with one attached hydrogen (secondary N) is 1. The van der Waals surface area contributed by atoms with Crippen LogP contribution >= 0.6 is 11.3 Å². The van der Waals surface area contributed by atoms with Crippen LogP contribution in [0.2, 0.25) is 0 Å². The molecular weight excluding hydrogens is 462 g/mol. The highest BCUT2D eigenvalue weighted by Crippen LogP contribution is 2.29. The van der Waals surface area contributed by atoms with Gasteiger partial charge < -0.3 is 20.1 Å². The molecule has 1 heterocycles. The van der Waals surface area contributed by atoms with Crippen molar-refractivity contribution in [2.24, 2.45) is 5.92 Å². The van der Waals surface area contributed by atoms with Gasteiger partial charge in [-0.25, -0.2) is 9.78 Å². The number of carboxylic acid groups (broad SMARTS) is 1. The maximum Gasteiger partial charge on any atom is 0.326 e. The molecule has 7 nitrogen and oxygen atoms in total. The number of benzene rings is 2. The molecule has 186 valence electrons. The zero-order chi connectivity index (χ0) is 25.4. The number of amides is 1. The number of carbonyl (C=O) groups is 2. The van der Waals surface area contributed by atoms with E-state index < -0.39 is 12.0 Å². The number of methoxy groups -OCH3 is 1. The second kappa shape index (κ2) is 12.4. The summed E-state index contributed by atoms with van der Waals surface area (Å²) in [6.45, 7) is 7.25. The van der Waals surface area contributed by atoms with Crippen molar-refractivity contribution in [1.82, 2.24) is 10.3 Å². The molecule has 0 saturated carbocycles. The average Bonchev–Trinajstić information content (AvgIpc) is 3.35. The molecule has 0 bridgehead atoms. The largest absolute Gasteiger partial charge is 0.497 e. The fourth-order valence-electron chi connectivity index (χ4n) is 3.62. The number of aliphatic carboxylic acids is 1. The molecule has 0 saturated heterocycles. The Kier molecular flexibility index (Phi) is 9.25. The molecule has 3 rings (SSSR count). The highest BCUT2D eigenvalue weighted by Gasteiger charge is 2.24. The Morgan fingerprint density at radius 1 is 1.11 bits per heavy atom.